The molecule has 0 heterocycles. The molecule has 6 nitrogen and oxygen atoms in total. The first-order valence-corrected chi connectivity index (χ1v) is 6.63. The fourth-order valence-corrected chi connectivity index (χ4v) is 2.57. The van der Waals surface area contributed by atoms with Gasteiger partial charge in [0, 0.05) is 6.07 Å². The average molecular weight is 310 g/mol. The minimum atomic E-state index is -3.54. The zero-order valence-electron chi connectivity index (χ0n) is 8.18. The summed E-state index contributed by atoms with van der Waals surface area (Å²) in [4.78, 5) is 9.54. The number of hydrogen-bond acceptors (Lipinski definition) is 5. The standard InChI is InChI=1S/C8H8BrNO5S/c1-2-16(14,15)5-3-6(9)8(11)7(4-5)10(12)13/h3-4,11H,2H2,1H3. The van der Waals surface area contributed by atoms with Crippen LogP contribution >= 0.6 is 15.9 Å². The summed E-state index contributed by atoms with van der Waals surface area (Å²) in [5, 5.41) is 19.9. The Morgan fingerprint density at radius 2 is 2.06 bits per heavy atom. The van der Waals surface area contributed by atoms with Crippen LogP contribution in [0.1, 0.15) is 6.92 Å². The molecule has 0 aromatic heterocycles. The lowest BCUT2D eigenvalue weighted by molar-refractivity contribution is -0.386. The number of nitrogens with zero attached hydrogens (tertiary/aromatic N) is 1. The molecule has 88 valence electrons. The van der Waals surface area contributed by atoms with Crippen LogP contribution in [0.25, 0.3) is 0 Å². The number of hydrogen-bond donors (Lipinski definition) is 1. The van der Waals surface area contributed by atoms with E-state index in [2.05, 4.69) is 15.9 Å². The van der Waals surface area contributed by atoms with Gasteiger partial charge in [0.2, 0.25) is 5.75 Å². The third-order valence-corrected chi connectivity index (χ3v) is 4.27. The molecular formula is C8H8BrNO5S. The van der Waals surface area contributed by atoms with E-state index in [0.717, 1.165) is 12.1 Å². The number of phenols is 1. The second-order valence-corrected chi connectivity index (χ2v) is 6.07. The number of halogens is 1. The highest BCUT2D eigenvalue weighted by atomic mass is 79.9. The highest BCUT2D eigenvalue weighted by Crippen LogP contribution is 2.36. The van der Waals surface area contributed by atoms with Crippen molar-refractivity contribution in [1.29, 1.82) is 0 Å². The first-order chi connectivity index (χ1) is 7.29. The molecule has 0 unspecified atom stereocenters. The summed E-state index contributed by atoms with van der Waals surface area (Å²) < 4.78 is 23.0. The van der Waals surface area contributed by atoms with Gasteiger partial charge in [-0.05, 0) is 22.0 Å². The Morgan fingerprint density at radius 3 is 2.50 bits per heavy atom. The van der Waals surface area contributed by atoms with Crippen molar-refractivity contribution < 1.29 is 18.4 Å². The molecule has 0 saturated heterocycles. The van der Waals surface area contributed by atoms with Gasteiger partial charge in [-0.15, -0.1) is 0 Å². The van der Waals surface area contributed by atoms with Crippen LogP contribution in [-0.2, 0) is 9.84 Å². The monoisotopic (exact) mass is 309 g/mol. The number of sulfone groups is 1. The fourth-order valence-electron chi connectivity index (χ4n) is 1.05. The molecular weight excluding hydrogens is 302 g/mol. The number of benzene rings is 1. The van der Waals surface area contributed by atoms with Gasteiger partial charge in [0.25, 0.3) is 0 Å². The predicted molar refractivity (Wildman–Crippen MR) is 60.2 cm³/mol. The summed E-state index contributed by atoms with van der Waals surface area (Å²) in [5.41, 5.74) is -0.638. The maximum Gasteiger partial charge on any atom is 0.313 e. The maximum atomic E-state index is 11.5. The van der Waals surface area contributed by atoms with E-state index in [9.17, 15) is 23.6 Å². The third-order valence-electron chi connectivity index (χ3n) is 1.95. The lowest BCUT2D eigenvalue weighted by Crippen LogP contribution is -2.04. The number of aromatic hydroxyl groups is 1. The first-order valence-electron chi connectivity index (χ1n) is 4.19. The second-order valence-electron chi connectivity index (χ2n) is 2.93. The van der Waals surface area contributed by atoms with Crippen LogP contribution in [0, 0.1) is 10.1 Å². The van der Waals surface area contributed by atoms with Crippen LogP contribution in [0.5, 0.6) is 5.75 Å². The van der Waals surface area contributed by atoms with Crippen molar-refractivity contribution in [2.75, 3.05) is 5.75 Å². The van der Waals surface area contributed by atoms with Gasteiger partial charge < -0.3 is 5.11 Å². The Labute approximate surface area is 100 Å². The van der Waals surface area contributed by atoms with Crippen molar-refractivity contribution in [3.63, 3.8) is 0 Å². The predicted octanol–water partition coefficient (Wildman–Crippen LogP) is 1.86. The fraction of sp³-hybridized carbons (Fsp3) is 0.250. The van der Waals surface area contributed by atoms with E-state index >= 15 is 0 Å². The van der Waals surface area contributed by atoms with Gasteiger partial charge in [-0.3, -0.25) is 10.1 Å². The smallest absolute Gasteiger partial charge is 0.313 e. The molecule has 8 heteroatoms. The largest absolute Gasteiger partial charge is 0.501 e. The van der Waals surface area contributed by atoms with Crippen LogP contribution in [-0.4, -0.2) is 24.2 Å². The van der Waals surface area contributed by atoms with Crippen LogP contribution < -0.4 is 0 Å². The lowest BCUT2D eigenvalue weighted by atomic mass is 10.3. The molecule has 0 atom stereocenters. The van der Waals surface area contributed by atoms with Gasteiger partial charge in [0.1, 0.15) is 0 Å². The van der Waals surface area contributed by atoms with Crippen LogP contribution in [0.15, 0.2) is 21.5 Å². The normalized spacial score (nSPS) is 11.4. The molecule has 16 heavy (non-hydrogen) atoms. The van der Waals surface area contributed by atoms with Gasteiger partial charge in [0.15, 0.2) is 9.84 Å². The van der Waals surface area contributed by atoms with E-state index in [-0.39, 0.29) is 15.1 Å². The first kappa shape index (κ1) is 12.9. The highest BCUT2D eigenvalue weighted by Gasteiger charge is 2.22. The van der Waals surface area contributed by atoms with Crippen molar-refractivity contribution in [3.8, 4) is 5.75 Å². The summed E-state index contributed by atoms with van der Waals surface area (Å²) in [7, 11) is -3.54. The zero-order valence-corrected chi connectivity index (χ0v) is 10.6. The molecule has 1 aromatic carbocycles. The maximum absolute atomic E-state index is 11.5. The van der Waals surface area contributed by atoms with Gasteiger partial charge >= 0.3 is 5.69 Å². The number of rotatable bonds is 3. The molecule has 0 aliphatic rings. The van der Waals surface area contributed by atoms with Crippen LogP contribution in [0.2, 0.25) is 0 Å². The quantitative estimate of drug-likeness (QED) is 0.679. The van der Waals surface area contributed by atoms with E-state index < -0.39 is 26.2 Å². The molecule has 0 bridgehead atoms. The molecule has 0 aliphatic heterocycles. The Balaban J connectivity index is 3.53. The van der Waals surface area contributed by atoms with E-state index in [4.69, 9.17) is 0 Å². The Morgan fingerprint density at radius 1 is 1.50 bits per heavy atom. The molecule has 0 fully saturated rings. The SMILES string of the molecule is CCS(=O)(=O)c1cc(Br)c(O)c([N+](=O)[O-])c1. The van der Waals surface area contributed by atoms with Gasteiger partial charge in [-0.2, -0.15) is 0 Å². The number of phenolic OH excluding ortho intramolecular Hbond substituents is 1. The summed E-state index contributed by atoms with van der Waals surface area (Å²) in [5.74, 6) is -0.749. The number of nitro groups is 1. The molecule has 0 spiro atoms. The molecule has 0 saturated carbocycles. The Kier molecular flexibility index (Phi) is 3.54. The molecule has 1 N–H and O–H groups in total. The van der Waals surface area contributed by atoms with Crippen molar-refractivity contribution >= 4 is 31.5 Å². The minimum Gasteiger partial charge on any atom is -0.501 e. The summed E-state index contributed by atoms with van der Waals surface area (Å²) in [6, 6.07) is 1.99. The van der Waals surface area contributed by atoms with E-state index in [1.807, 2.05) is 0 Å². The van der Waals surface area contributed by atoms with Crippen molar-refractivity contribution in [1.82, 2.24) is 0 Å². The lowest BCUT2D eigenvalue weighted by Gasteiger charge is -2.04. The summed E-state index contributed by atoms with van der Waals surface area (Å²) >= 11 is 2.87. The summed E-state index contributed by atoms with van der Waals surface area (Å²) in [6.07, 6.45) is 0. The van der Waals surface area contributed by atoms with Crippen LogP contribution in [0.3, 0.4) is 0 Å². The van der Waals surface area contributed by atoms with E-state index in [1.54, 1.807) is 0 Å². The van der Waals surface area contributed by atoms with Gasteiger partial charge in [-0.25, -0.2) is 8.42 Å². The Bertz CT molecular complexity index is 540. The van der Waals surface area contributed by atoms with Crippen molar-refractivity contribution in [2.24, 2.45) is 0 Å². The number of nitro benzene ring substituents is 1. The highest BCUT2D eigenvalue weighted by molar-refractivity contribution is 9.10. The Hall–Kier alpha value is -1.15. The topological polar surface area (TPSA) is 97.5 Å². The third kappa shape index (κ3) is 2.33. The molecule has 1 aromatic rings. The van der Waals surface area contributed by atoms with Gasteiger partial charge in [-0.1, -0.05) is 6.92 Å². The molecule has 0 aliphatic carbocycles. The minimum absolute atomic E-state index is 0.0197. The average Bonchev–Trinajstić information content (AvgIpc) is 2.21. The molecule has 0 amide bonds. The van der Waals surface area contributed by atoms with Crippen molar-refractivity contribution in [3.05, 3.63) is 26.7 Å². The molecule has 0 radical (unpaired) electrons. The van der Waals surface area contributed by atoms with Gasteiger partial charge in [0.05, 0.1) is 20.0 Å². The van der Waals surface area contributed by atoms with E-state index in [0.29, 0.717) is 0 Å². The van der Waals surface area contributed by atoms with Crippen molar-refractivity contribution in [2.45, 2.75) is 11.8 Å². The second kappa shape index (κ2) is 4.38. The molecule has 1 rings (SSSR count). The zero-order chi connectivity index (χ0) is 12.5. The van der Waals surface area contributed by atoms with E-state index in [1.165, 1.54) is 6.92 Å². The summed E-state index contributed by atoms with van der Waals surface area (Å²) in [6.45, 7) is 1.43. The van der Waals surface area contributed by atoms with Crippen LogP contribution in [0.4, 0.5) is 5.69 Å².